The van der Waals surface area contributed by atoms with Gasteiger partial charge in [0.1, 0.15) is 5.82 Å². The van der Waals surface area contributed by atoms with Crippen LogP contribution in [0.4, 0.5) is 21.5 Å². The number of hydrogen-bond acceptors (Lipinski definition) is 3. The van der Waals surface area contributed by atoms with Crippen LogP contribution in [0.5, 0.6) is 0 Å². The number of carbonyl (C=O) groups is 1. The third kappa shape index (κ3) is 2.83. The van der Waals surface area contributed by atoms with Crippen LogP contribution >= 0.6 is 11.6 Å². The van der Waals surface area contributed by atoms with Gasteiger partial charge in [-0.3, -0.25) is 0 Å². The molecule has 0 aliphatic heterocycles. The number of benzene rings is 2. The minimum absolute atomic E-state index is 0.0325. The highest BCUT2D eigenvalue weighted by atomic mass is 35.5. The van der Waals surface area contributed by atoms with Crippen LogP contribution in [0.2, 0.25) is 5.02 Å². The van der Waals surface area contributed by atoms with Gasteiger partial charge in [0.15, 0.2) is 0 Å². The molecule has 0 bridgehead atoms. The third-order valence-corrected chi connectivity index (χ3v) is 3.06. The summed E-state index contributed by atoms with van der Waals surface area (Å²) in [6.45, 7) is 1.68. The summed E-state index contributed by atoms with van der Waals surface area (Å²) in [5, 5.41) is 12.2. The molecule has 0 spiro atoms. The van der Waals surface area contributed by atoms with Crippen molar-refractivity contribution in [2.75, 3.05) is 11.1 Å². The molecule has 104 valence electrons. The second kappa shape index (κ2) is 5.38. The van der Waals surface area contributed by atoms with Gasteiger partial charge in [-0.05, 0) is 42.8 Å². The van der Waals surface area contributed by atoms with Gasteiger partial charge in [0.25, 0.3) is 0 Å². The van der Waals surface area contributed by atoms with Gasteiger partial charge < -0.3 is 16.2 Å². The molecule has 0 saturated carbocycles. The maximum Gasteiger partial charge on any atom is 0.337 e. The lowest BCUT2D eigenvalue weighted by Gasteiger charge is -2.12. The summed E-state index contributed by atoms with van der Waals surface area (Å²) in [5.74, 6) is -1.62. The first-order chi connectivity index (χ1) is 9.38. The van der Waals surface area contributed by atoms with Gasteiger partial charge in [-0.2, -0.15) is 0 Å². The van der Waals surface area contributed by atoms with Gasteiger partial charge in [0.2, 0.25) is 0 Å². The second-order valence-corrected chi connectivity index (χ2v) is 4.75. The maximum atomic E-state index is 13.6. The molecule has 0 saturated heterocycles. The zero-order chi connectivity index (χ0) is 14.9. The van der Waals surface area contributed by atoms with Crippen molar-refractivity contribution in [2.24, 2.45) is 0 Å². The molecule has 0 aliphatic rings. The molecule has 6 heteroatoms. The summed E-state index contributed by atoms with van der Waals surface area (Å²) in [7, 11) is 0. The smallest absolute Gasteiger partial charge is 0.337 e. The standard InChI is InChI=1S/C14H12ClFN2O2/c1-7-4-9(6-10(13(7)17)14(19)20)18-12-5-8(15)2-3-11(12)16/h2-6,18H,17H2,1H3,(H,19,20). The molecule has 0 aromatic heterocycles. The SMILES string of the molecule is Cc1cc(Nc2cc(Cl)ccc2F)cc(C(=O)O)c1N. The summed E-state index contributed by atoms with van der Waals surface area (Å²) in [5.41, 5.74) is 7.04. The van der Waals surface area contributed by atoms with Crippen LogP contribution in [-0.2, 0) is 0 Å². The summed E-state index contributed by atoms with van der Waals surface area (Å²) in [6, 6.07) is 7.07. The van der Waals surface area contributed by atoms with Gasteiger partial charge in [-0.25, -0.2) is 9.18 Å². The topological polar surface area (TPSA) is 75.3 Å². The van der Waals surface area contributed by atoms with Crippen molar-refractivity contribution < 1.29 is 14.3 Å². The highest BCUT2D eigenvalue weighted by molar-refractivity contribution is 6.30. The second-order valence-electron chi connectivity index (χ2n) is 4.31. The van der Waals surface area contributed by atoms with Crippen LogP contribution in [0, 0.1) is 12.7 Å². The Labute approximate surface area is 120 Å². The molecule has 0 radical (unpaired) electrons. The Balaban J connectivity index is 2.44. The number of hydrogen-bond donors (Lipinski definition) is 3. The van der Waals surface area contributed by atoms with Gasteiger partial charge in [-0.15, -0.1) is 0 Å². The lowest BCUT2D eigenvalue weighted by Crippen LogP contribution is -2.06. The van der Waals surface area contributed by atoms with Crippen LogP contribution in [0.15, 0.2) is 30.3 Å². The quantitative estimate of drug-likeness (QED) is 0.752. The highest BCUT2D eigenvalue weighted by Gasteiger charge is 2.12. The molecular weight excluding hydrogens is 283 g/mol. The van der Waals surface area contributed by atoms with Crippen molar-refractivity contribution >= 4 is 34.6 Å². The molecule has 0 amide bonds. The molecule has 2 rings (SSSR count). The monoisotopic (exact) mass is 294 g/mol. The summed E-state index contributed by atoms with van der Waals surface area (Å²) in [4.78, 5) is 11.1. The van der Waals surface area contributed by atoms with Crippen molar-refractivity contribution in [1.82, 2.24) is 0 Å². The predicted molar refractivity (Wildman–Crippen MR) is 77.2 cm³/mol. The van der Waals surface area contributed by atoms with Crippen molar-refractivity contribution in [3.63, 3.8) is 0 Å². The molecular formula is C14H12ClFN2O2. The van der Waals surface area contributed by atoms with E-state index in [1.165, 1.54) is 24.3 Å². The fraction of sp³-hybridized carbons (Fsp3) is 0.0714. The van der Waals surface area contributed by atoms with E-state index in [1.807, 2.05) is 0 Å². The Morgan fingerprint density at radius 1 is 1.35 bits per heavy atom. The van der Waals surface area contributed by atoms with E-state index in [2.05, 4.69) is 5.32 Å². The lowest BCUT2D eigenvalue weighted by atomic mass is 10.1. The summed E-state index contributed by atoms with van der Waals surface area (Å²) < 4.78 is 13.6. The van der Waals surface area contributed by atoms with Crippen molar-refractivity contribution in [1.29, 1.82) is 0 Å². The Kier molecular flexibility index (Phi) is 3.81. The number of nitrogens with one attached hydrogen (secondary N) is 1. The Bertz CT molecular complexity index is 689. The summed E-state index contributed by atoms with van der Waals surface area (Å²) in [6.07, 6.45) is 0. The van der Waals surface area contributed by atoms with E-state index in [1.54, 1.807) is 13.0 Å². The lowest BCUT2D eigenvalue weighted by molar-refractivity contribution is 0.0698. The van der Waals surface area contributed by atoms with Crippen LogP contribution < -0.4 is 11.1 Å². The first-order valence-electron chi connectivity index (χ1n) is 5.74. The number of nitrogens with two attached hydrogens (primary N) is 1. The zero-order valence-electron chi connectivity index (χ0n) is 10.6. The third-order valence-electron chi connectivity index (χ3n) is 2.82. The number of carboxylic acids is 1. The van der Waals surface area contributed by atoms with Gasteiger partial charge in [0, 0.05) is 16.4 Å². The number of aromatic carboxylic acids is 1. The largest absolute Gasteiger partial charge is 0.478 e. The molecule has 4 N–H and O–H groups in total. The molecule has 2 aromatic carbocycles. The van der Waals surface area contributed by atoms with Crippen LogP contribution in [0.1, 0.15) is 15.9 Å². The van der Waals surface area contributed by atoms with Gasteiger partial charge in [0.05, 0.1) is 11.3 Å². The number of carboxylic acid groups (broad SMARTS) is 1. The molecule has 0 atom stereocenters. The molecule has 4 nitrogen and oxygen atoms in total. The Morgan fingerprint density at radius 3 is 2.70 bits per heavy atom. The number of rotatable bonds is 3. The first-order valence-corrected chi connectivity index (χ1v) is 6.12. The van der Waals surface area contributed by atoms with E-state index in [-0.39, 0.29) is 16.9 Å². The molecule has 0 fully saturated rings. The normalized spacial score (nSPS) is 10.3. The van der Waals surface area contributed by atoms with Crippen LogP contribution in [0.3, 0.4) is 0 Å². The minimum atomic E-state index is -1.14. The highest BCUT2D eigenvalue weighted by Crippen LogP contribution is 2.28. The Hall–Kier alpha value is -2.27. The number of anilines is 3. The van der Waals surface area contributed by atoms with Crippen LogP contribution in [-0.4, -0.2) is 11.1 Å². The van der Waals surface area contributed by atoms with E-state index in [0.29, 0.717) is 16.3 Å². The van der Waals surface area contributed by atoms with Gasteiger partial charge in [-0.1, -0.05) is 11.6 Å². The minimum Gasteiger partial charge on any atom is -0.478 e. The summed E-state index contributed by atoms with van der Waals surface area (Å²) >= 11 is 5.80. The van der Waals surface area contributed by atoms with E-state index in [0.717, 1.165) is 0 Å². The van der Waals surface area contributed by atoms with E-state index in [4.69, 9.17) is 22.4 Å². The zero-order valence-corrected chi connectivity index (χ0v) is 11.3. The molecule has 0 heterocycles. The van der Waals surface area contributed by atoms with E-state index in [9.17, 15) is 9.18 Å². The molecule has 2 aromatic rings. The van der Waals surface area contributed by atoms with Crippen LogP contribution in [0.25, 0.3) is 0 Å². The average Bonchev–Trinajstić information content (AvgIpc) is 2.37. The first kappa shape index (κ1) is 14.1. The Morgan fingerprint density at radius 2 is 2.05 bits per heavy atom. The molecule has 0 unspecified atom stereocenters. The van der Waals surface area contributed by atoms with Crippen molar-refractivity contribution in [3.05, 3.63) is 52.3 Å². The van der Waals surface area contributed by atoms with Crippen molar-refractivity contribution in [3.8, 4) is 0 Å². The average molecular weight is 295 g/mol. The van der Waals surface area contributed by atoms with E-state index < -0.39 is 11.8 Å². The van der Waals surface area contributed by atoms with Crippen molar-refractivity contribution in [2.45, 2.75) is 6.92 Å². The fourth-order valence-electron chi connectivity index (χ4n) is 1.80. The predicted octanol–water partition coefficient (Wildman–Crippen LogP) is 3.81. The number of halogens is 2. The molecule has 0 aliphatic carbocycles. The maximum absolute atomic E-state index is 13.6. The molecule has 20 heavy (non-hydrogen) atoms. The fourth-order valence-corrected chi connectivity index (χ4v) is 1.97. The number of aryl methyl sites for hydroxylation is 1. The van der Waals surface area contributed by atoms with E-state index >= 15 is 0 Å². The van der Waals surface area contributed by atoms with Gasteiger partial charge >= 0.3 is 5.97 Å². The number of nitrogen functional groups attached to an aromatic ring is 1.